The molecule has 0 saturated heterocycles. The molecule has 1 heterocycles. The molecule has 4 rings (SSSR count). The Hall–Kier alpha value is -3.62. The fraction of sp³-hybridized carbons (Fsp3) is 0.185. The molecule has 0 radical (unpaired) electrons. The molecular weight excluding hydrogens is 502 g/mol. The van der Waals surface area contributed by atoms with Crippen molar-refractivity contribution in [1.29, 1.82) is 0 Å². The Morgan fingerprint density at radius 3 is 2.25 bits per heavy atom. The lowest BCUT2D eigenvalue weighted by atomic mass is 10.1. The van der Waals surface area contributed by atoms with Gasteiger partial charge in [0.05, 0.1) is 17.2 Å². The number of amides is 1. The molecule has 36 heavy (non-hydrogen) atoms. The first-order valence-corrected chi connectivity index (χ1v) is 13.1. The molecule has 0 aliphatic carbocycles. The summed E-state index contributed by atoms with van der Waals surface area (Å²) < 4.78 is 39.3. The molecule has 0 aliphatic rings. The fourth-order valence-electron chi connectivity index (χ4n) is 3.87. The van der Waals surface area contributed by atoms with Gasteiger partial charge in [0.15, 0.2) is 0 Å². The van der Waals surface area contributed by atoms with Gasteiger partial charge in [-0.3, -0.25) is 4.79 Å². The highest BCUT2D eigenvalue weighted by molar-refractivity contribution is 7.93. The monoisotopic (exact) mass is 525 g/mol. The van der Waals surface area contributed by atoms with Crippen LogP contribution in [0.3, 0.4) is 0 Å². The summed E-state index contributed by atoms with van der Waals surface area (Å²) >= 11 is 5.97. The van der Waals surface area contributed by atoms with Crippen molar-refractivity contribution < 1.29 is 27.2 Å². The number of hydrogen-bond acceptors (Lipinski definition) is 6. The smallest absolute Gasteiger partial charge is 0.342 e. The number of anilines is 1. The molecule has 0 N–H and O–H groups in total. The first-order valence-electron chi connectivity index (χ1n) is 11.3. The van der Waals surface area contributed by atoms with Crippen LogP contribution >= 0.6 is 11.6 Å². The van der Waals surface area contributed by atoms with Crippen LogP contribution in [0, 0.1) is 6.92 Å². The van der Waals surface area contributed by atoms with Gasteiger partial charge in [0.25, 0.3) is 15.9 Å². The van der Waals surface area contributed by atoms with Crippen LogP contribution in [0.4, 0.5) is 5.69 Å². The molecule has 4 aromatic rings. The molecule has 0 unspecified atom stereocenters. The summed E-state index contributed by atoms with van der Waals surface area (Å²) in [5.74, 6) is -1.04. The maximum atomic E-state index is 13.8. The molecule has 0 spiro atoms. The number of aryl methyl sites for hydroxylation is 2. The molecule has 0 saturated carbocycles. The highest BCUT2D eigenvalue weighted by Gasteiger charge is 2.33. The normalized spacial score (nSPS) is 11.4. The van der Waals surface area contributed by atoms with Gasteiger partial charge in [-0.15, -0.1) is 0 Å². The van der Waals surface area contributed by atoms with Crippen LogP contribution in [0.25, 0.3) is 11.0 Å². The van der Waals surface area contributed by atoms with Gasteiger partial charge in [-0.25, -0.2) is 13.2 Å². The van der Waals surface area contributed by atoms with Gasteiger partial charge < -0.3 is 9.15 Å². The summed E-state index contributed by atoms with van der Waals surface area (Å²) in [7, 11) is -4.34. The Bertz CT molecular complexity index is 1540. The van der Waals surface area contributed by atoms with E-state index in [0.29, 0.717) is 21.8 Å². The first-order chi connectivity index (χ1) is 17.2. The zero-order valence-electron chi connectivity index (χ0n) is 19.9. The second-order valence-corrected chi connectivity index (χ2v) is 10.2. The number of benzene rings is 3. The minimum Gasteiger partial charge on any atom is -0.462 e. The van der Waals surface area contributed by atoms with Crippen molar-refractivity contribution in [1.82, 2.24) is 0 Å². The van der Waals surface area contributed by atoms with Crippen LogP contribution < -0.4 is 4.31 Å². The van der Waals surface area contributed by atoms with Gasteiger partial charge in [0.2, 0.25) is 0 Å². The lowest BCUT2D eigenvalue weighted by Crippen LogP contribution is -2.37. The number of carbonyl (C=O) groups excluding carboxylic acids is 2. The quantitative estimate of drug-likeness (QED) is 0.268. The maximum absolute atomic E-state index is 13.8. The Labute approximate surface area is 214 Å². The van der Waals surface area contributed by atoms with Crippen molar-refractivity contribution in [3.8, 4) is 0 Å². The SMILES string of the molecule is CCOC(=O)c1c(C)oc2ccc(N(C(=O)c3ccc(Cl)cc3)S(=O)(=O)c3ccc(CC)cc3)cc12. The van der Waals surface area contributed by atoms with Crippen LogP contribution in [0.1, 0.15) is 45.9 Å². The van der Waals surface area contributed by atoms with Crippen LogP contribution in [0.2, 0.25) is 5.02 Å². The van der Waals surface area contributed by atoms with E-state index in [2.05, 4.69) is 0 Å². The third-order valence-electron chi connectivity index (χ3n) is 5.71. The van der Waals surface area contributed by atoms with Crippen molar-refractivity contribution in [3.05, 3.63) is 94.2 Å². The number of carbonyl (C=O) groups is 2. The average Bonchev–Trinajstić information content (AvgIpc) is 3.19. The van der Waals surface area contributed by atoms with Crippen molar-refractivity contribution in [2.45, 2.75) is 32.1 Å². The Kier molecular flexibility index (Phi) is 7.19. The first kappa shape index (κ1) is 25.5. The van der Waals surface area contributed by atoms with Crippen LogP contribution in [-0.4, -0.2) is 26.9 Å². The molecule has 0 atom stereocenters. The molecule has 0 bridgehead atoms. The molecule has 3 aromatic carbocycles. The standard InChI is InChI=1S/C27H24ClNO6S/c1-4-18-6-13-22(14-7-18)36(32,33)29(26(30)19-8-10-20(28)11-9-19)21-12-15-24-23(16-21)25(17(3)35-24)27(31)34-5-2/h6-16H,4-5H2,1-3H3. The molecular formula is C27H24ClNO6S. The fourth-order valence-corrected chi connectivity index (χ4v) is 5.40. The van der Waals surface area contributed by atoms with E-state index in [1.165, 1.54) is 54.6 Å². The maximum Gasteiger partial charge on any atom is 0.342 e. The van der Waals surface area contributed by atoms with Gasteiger partial charge in [-0.05, 0) is 80.4 Å². The molecule has 7 nitrogen and oxygen atoms in total. The minimum absolute atomic E-state index is 0.0453. The summed E-state index contributed by atoms with van der Waals surface area (Å²) in [4.78, 5) is 26.2. The third-order valence-corrected chi connectivity index (χ3v) is 7.68. The van der Waals surface area contributed by atoms with Gasteiger partial charge >= 0.3 is 5.97 Å². The van der Waals surface area contributed by atoms with E-state index in [4.69, 9.17) is 20.8 Å². The number of fused-ring (bicyclic) bond motifs is 1. The lowest BCUT2D eigenvalue weighted by Gasteiger charge is -2.23. The average molecular weight is 526 g/mol. The van der Waals surface area contributed by atoms with Gasteiger partial charge in [0, 0.05) is 16.0 Å². The molecule has 1 amide bonds. The number of sulfonamides is 1. The predicted molar refractivity (Wildman–Crippen MR) is 138 cm³/mol. The van der Waals surface area contributed by atoms with Crippen molar-refractivity contribution in [3.63, 3.8) is 0 Å². The summed E-state index contributed by atoms with van der Waals surface area (Å²) in [6.07, 6.45) is 0.737. The Morgan fingerprint density at radius 2 is 1.64 bits per heavy atom. The van der Waals surface area contributed by atoms with E-state index in [0.717, 1.165) is 16.3 Å². The number of esters is 1. The summed E-state index contributed by atoms with van der Waals surface area (Å²) in [5.41, 5.74) is 1.68. The Morgan fingerprint density at radius 1 is 0.972 bits per heavy atom. The highest BCUT2D eigenvalue weighted by atomic mass is 35.5. The summed E-state index contributed by atoms with van der Waals surface area (Å²) in [6.45, 7) is 5.43. The lowest BCUT2D eigenvalue weighted by molar-refractivity contribution is 0.0526. The summed E-state index contributed by atoms with van der Waals surface area (Å²) in [6, 6.07) is 16.7. The Balaban J connectivity index is 1.92. The number of ether oxygens (including phenoxy) is 1. The molecule has 9 heteroatoms. The predicted octanol–water partition coefficient (Wildman–Crippen LogP) is 6.17. The van der Waals surface area contributed by atoms with Gasteiger partial charge in [0.1, 0.15) is 16.9 Å². The topological polar surface area (TPSA) is 93.9 Å². The second-order valence-electron chi connectivity index (χ2n) is 8.01. The number of hydrogen-bond donors (Lipinski definition) is 0. The van der Waals surface area contributed by atoms with Gasteiger partial charge in [-0.1, -0.05) is 30.7 Å². The highest BCUT2D eigenvalue weighted by Crippen LogP contribution is 2.33. The van der Waals surface area contributed by atoms with Crippen molar-refractivity contribution in [2.75, 3.05) is 10.9 Å². The van der Waals surface area contributed by atoms with E-state index in [1.54, 1.807) is 26.0 Å². The number of furan rings is 1. The molecule has 0 aliphatic heterocycles. The summed E-state index contributed by atoms with van der Waals surface area (Å²) in [5, 5.41) is 0.749. The van der Waals surface area contributed by atoms with E-state index < -0.39 is 21.9 Å². The molecule has 1 aromatic heterocycles. The molecule has 186 valence electrons. The van der Waals surface area contributed by atoms with E-state index in [9.17, 15) is 18.0 Å². The van der Waals surface area contributed by atoms with Crippen molar-refractivity contribution in [2.24, 2.45) is 0 Å². The number of nitrogens with zero attached hydrogens (tertiary/aromatic N) is 1. The second kappa shape index (κ2) is 10.2. The number of rotatable bonds is 7. The number of halogens is 1. The largest absolute Gasteiger partial charge is 0.462 e. The van der Waals surface area contributed by atoms with E-state index >= 15 is 0 Å². The minimum atomic E-state index is -4.34. The van der Waals surface area contributed by atoms with Crippen LogP contribution in [0.5, 0.6) is 0 Å². The van der Waals surface area contributed by atoms with Crippen molar-refractivity contribution >= 4 is 50.2 Å². The van der Waals surface area contributed by atoms with Crippen LogP contribution in [-0.2, 0) is 21.2 Å². The van der Waals surface area contributed by atoms with E-state index in [-0.39, 0.29) is 28.3 Å². The van der Waals surface area contributed by atoms with Gasteiger partial charge in [-0.2, -0.15) is 4.31 Å². The molecule has 0 fully saturated rings. The van der Waals surface area contributed by atoms with Crippen LogP contribution in [0.15, 0.2) is 76.0 Å². The zero-order chi connectivity index (χ0) is 26.0. The zero-order valence-corrected chi connectivity index (χ0v) is 21.5. The third kappa shape index (κ3) is 4.74. The van der Waals surface area contributed by atoms with E-state index in [1.807, 2.05) is 6.92 Å².